The van der Waals surface area contributed by atoms with Gasteiger partial charge in [0, 0.05) is 6.61 Å². The van der Waals surface area contributed by atoms with Gasteiger partial charge in [-0.3, -0.25) is 0 Å². The lowest BCUT2D eigenvalue weighted by atomic mass is 9.68. The Hall–Kier alpha value is -0.570. The summed E-state index contributed by atoms with van der Waals surface area (Å²) in [5.74, 6) is 0. The molecule has 0 bridgehead atoms. The molecule has 2 nitrogen and oxygen atoms in total. The average Bonchev–Trinajstić information content (AvgIpc) is 2.29. The van der Waals surface area contributed by atoms with E-state index in [0.717, 1.165) is 38.8 Å². The van der Waals surface area contributed by atoms with Crippen LogP contribution < -0.4 is 5.73 Å². The number of halogens is 1. The van der Waals surface area contributed by atoms with Crippen molar-refractivity contribution in [3.63, 3.8) is 0 Å². The largest absolute Gasteiger partial charge is 0.376 e. The molecule has 0 amide bonds. The predicted molar refractivity (Wildman–Crippen MR) is 82.8 cm³/mol. The summed E-state index contributed by atoms with van der Waals surface area (Å²) < 4.78 is 5.86. The Balaban J connectivity index is 0.00000180. The second-order valence-electron chi connectivity index (χ2n) is 6.24. The zero-order valence-electron chi connectivity index (χ0n) is 12.0. The van der Waals surface area contributed by atoms with Crippen LogP contribution in [0.1, 0.15) is 38.7 Å². The Kier molecular flexibility index (Phi) is 5.84. The predicted octanol–water partition coefficient (Wildman–Crippen LogP) is 3.58. The highest BCUT2D eigenvalue weighted by Gasteiger charge is 2.40. The highest BCUT2D eigenvalue weighted by Crippen LogP contribution is 2.43. The molecule has 2 rings (SSSR count). The highest BCUT2D eigenvalue weighted by molar-refractivity contribution is 5.85. The van der Waals surface area contributed by atoms with Crippen molar-refractivity contribution in [3.8, 4) is 0 Å². The summed E-state index contributed by atoms with van der Waals surface area (Å²) in [6.07, 6.45) is 4.45. The van der Waals surface area contributed by atoms with Crippen LogP contribution in [0.3, 0.4) is 0 Å². The van der Waals surface area contributed by atoms with Gasteiger partial charge in [-0.15, -0.1) is 12.4 Å². The van der Waals surface area contributed by atoms with Crippen molar-refractivity contribution < 1.29 is 4.74 Å². The molecule has 1 unspecified atom stereocenters. The van der Waals surface area contributed by atoms with Crippen molar-refractivity contribution in [3.05, 3.63) is 35.9 Å². The van der Waals surface area contributed by atoms with Gasteiger partial charge in [-0.2, -0.15) is 0 Å². The van der Waals surface area contributed by atoms with E-state index in [1.54, 1.807) is 0 Å². The molecule has 0 saturated carbocycles. The number of benzene rings is 1. The van der Waals surface area contributed by atoms with Gasteiger partial charge in [0.1, 0.15) is 0 Å². The van der Waals surface area contributed by atoms with E-state index in [2.05, 4.69) is 44.2 Å². The molecular formula is C16H26ClNO. The minimum Gasteiger partial charge on any atom is -0.376 e. The molecule has 0 aliphatic carbocycles. The van der Waals surface area contributed by atoms with E-state index in [4.69, 9.17) is 10.5 Å². The third kappa shape index (κ3) is 4.48. The first kappa shape index (κ1) is 16.5. The van der Waals surface area contributed by atoms with Gasteiger partial charge in [0.15, 0.2) is 0 Å². The molecule has 0 spiro atoms. The summed E-state index contributed by atoms with van der Waals surface area (Å²) in [5, 5.41) is 0. The molecule has 1 aromatic carbocycles. The molecule has 1 aliphatic rings. The fourth-order valence-electron chi connectivity index (χ4n) is 3.37. The Labute approximate surface area is 123 Å². The van der Waals surface area contributed by atoms with Gasteiger partial charge in [0.05, 0.1) is 5.60 Å². The molecule has 1 heterocycles. The van der Waals surface area contributed by atoms with E-state index in [-0.39, 0.29) is 18.0 Å². The maximum Gasteiger partial charge on any atom is 0.0631 e. The summed E-state index contributed by atoms with van der Waals surface area (Å²) in [4.78, 5) is 0. The molecule has 2 N–H and O–H groups in total. The van der Waals surface area contributed by atoms with Gasteiger partial charge in [0.2, 0.25) is 0 Å². The molecule has 1 aromatic rings. The average molecular weight is 284 g/mol. The quantitative estimate of drug-likeness (QED) is 0.917. The van der Waals surface area contributed by atoms with E-state index in [0.29, 0.717) is 5.41 Å². The van der Waals surface area contributed by atoms with Crippen LogP contribution in [-0.2, 0) is 11.2 Å². The van der Waals surface area contributed by atoms with Gasteiger partial charge in [0.25, 0.3) is 0 Å². The van der Waals surface area contributed by atoms with Crippen molar-refractivity contribution in [2.45, 2.75) is 45.1 Å². The van der Waals surface area contributed by atoms with Crippen molar-refractivity contribution in [2.24, 2.45) is 11.1 Å². The zero-order chi connectivity index (χ0) is 13.1. The highest BCUT2D eigenvalue weighted by atomic mass is 35.5. The number of hydrogen-bond acceptors (Lipinski definition) is 2. The van der Waals surface area contributed by atoms with Gasteiger partial charge in [-0.05, 0) is 57.1 Å². The molecule has 1 fully saturated rings. The minimum atomic E-state index is -0.0117. The Morgan fingerprint density at radius 2 is 1.89 bits per heavy atom. The fourth-order valence-corrected chi connectivity index (χ4v) is 3.37. The van der Waals surface area contributed by atoms with E-state index >= 15 is 0 Å². The molecule has 3 heteroatoms. The van der Waals surface area contributed by atoms with Crippen molar-refractivity contribution in [2.75, 3.05) is 13.2 Å². The molecule has 108 valence electrons. The maximum absolute atomic E-state index is 5.86. The Bertz CT molecular complexity index is 376. The lowest BCUT2D eigenvalue weighted by Gasteiger charge is -2.45. The molecule has 1 aliphatic heterocycles. The third-order valence-corrected chi connectivity index (χ3v) is 4.02. The van der Waals surface area contributed by atoms with Crippen LogP contribution >= 0.6 is 12.4 Å². The molecule has 1 saturated heterocycles. The van der Waals surface area contributed by atoms with E-state index < -0.39 is 0 Å². The van der Waals surface area contributed by atoms with Crippen LogP contribution in [0.4, 0.5) is 0 Å². The smallest absolute Gasteiger partial charge is 0.0631 e. The second kappa shape index (κ2) is 6.74. The van der Waals surface area contributed by atoms with Crippen molar-refractivity contribution in [1.82, 2.24) is 0 Å². The zero-order valence-corrected chi connectivity index (χ0v) is 12.8. The van der Waals surface area contributed by atoms with Crippen LogP contribution in [0.15, 0.2) is 30.3 Å². The van der Waals surface area contributed by atoms with Gasteiger partial charge in [-0.25, -0.2) is 0 Å². The monoisotopic (exact) mass is 283 g/mol. The summed E-state index contributed by atoms with van der Waals surface area (Å²) in [7, 11) is 0. The summed E-state index contributed by atoms with van der Waals surface area (Å²) >= 11 is 0. The van der Waals surface area contributed by atoms with Crippen LogP contribution in [0.5, 0.6) is 0 Å². The van der Waals surface area contributed by atoms with Crippen LogP contribution in [-0.4, -0.2) is 18.8 Å². The van der Waals surface area contributed by atoms with Crippen LogP contribution in [0.2, 0.25) is 0 Å². The molecule has 1 atom stereocenters. The van der Waals surface area contributed by atoms with Gasteiger partial charge < -0.3 is 10.5 Å². The lowest BCUT2D eigenvalue weighted by Crippen LogP contribution is -2.43. The summed E-state index contributed by atoms with van der Waals surface area (Å²) in [5.41, 5.74) is 7.57. The third-order valence-electron chi connectivity index (χ3n) is 4.02. The van der Waals surface area contributed by atoms with Gasteiger partial charge >= 0.3 is 0 Å². The normalized spacial score (nSPS) is 25.6. The standard InChI is InChI=1S/C16H25NO.ClH/c1-15(2)13-16(8-10-17,9-11-18-15)12-14-6-4-3-5-7-14;/h3-7H,8-13,17H2,1-2H3;1H. The van der Waals surface area contributed by atoms with E-state index in [1.165, 1.54) is 5.56 Å². The lowest BCUT2D eigenvalue weighted by molar-refractivity contribution is -0.106. The van der Waals surface area contributed by atoms with Gasteiger partial charge in [-0.1, -0.05) is 30.3 Å². The summed E-state index contributed by atoms with van der Waals surface area (Å²) in [6, 6.07) is 10.8. The van der Waals surface area contributed by atoms with E-state index in [9.17, 15) is 0 Å². The number of hydrogen-bond donors (Lipinski definition) is 1. The second-order valence-corrected chi connectivity index (χ2v) is 6.24. The Morgan fingerprint density at radius 1 is 1.21 bits per heavy atom. The first-order valence-corrected chi connectivity index (χ1v) is 6.93. The van der Waals surface area contributed by atoms with Crippen LogP contribution in [0.25, 0.3) is 0 Å². The fraction of sp³-hybridized carbons (Fsp3) is 0.625. The SMILES string of the molecule is CC1(C)CC(CCN)(Cc2ccccc2)CCO1.Cl. The van der Waals surface area contributed by atoms with Crippen LogP contribution in [0, 0.1) is 5.41 Å². The number of ether oxygens (including phenoxy) is 1. The maximum atomic E-state index is 5.86. The summed E-state index contributed by atoms with van der Waals surface area (Å²) in [6.45, 7) is 6.02. The van der Waals surface area contributed by atoms with E-state index in [1.807, 2.05) is 0 Å². The first-order valence-electron chi connectivity index (χ1n) is 6.93. The first-order chi connectivity index (χ1) is 8.55. The minimum absolute atomic E-state index is 0. The molecular weight excluding hydrogens is 258 g/mol. The molecule has 0 radical (unpaired) electrons. The molecule has 19 heavy (non-hydrogen) atoms. The number of rotatable bonds is 4. The number of nitrogens with two attached hydrogens (primary N) is 1. The molecule has 0 aromatic heterocycles. The Morgan fingerprint density at radius 3 is 2.47 bits per heavy atom. The van der Waals surface area contributed by atoms with Crippen molar-refractivity contribution >= 4 is 12.4 Å². The van der Waals surface area contributed by atoms with Crippen molar-refractivity contribution in [1.29, 1.82) is 0 Å². The topological polar surface area (TPSA) is 35.2 Å².